The Morgan fingerprint density at radius 1 is 1.07 bits per heavy atom. The zero-order chi connectivity index (χ0) is 19.3. The predicted octanol–water partition coefficient (Wildman–Crippen LogP) is 4.49. The van der Waals surface area contributed by atoms with E-state index in [1.165, 1.54) is 5.56 Å². The van der Waals surface area contributed by atoms with Gasteiger partial charge in [-0.1, -0.05) is 24.3 Å². The van der Waals surface area contributed by atoms with E-state index in [-0.39, 0.29) is 6.04 Å². The van der Waals surface area contributed by atoms with Crippen molar-refractivity contribution < 1.29 is 9.15 Å². The van der Waals surface area contributed by atoms with Crippen LogP contribution in [0.1, 0.15) is 5.56 Å². The van der Waals surface area contributed by atoms with E-state index in [2.05, 4.69) is 22.4 Å². The number of aromatic nitrogens is 1. The molecule has 0 amide bonds. The van der Waals surface area contributed by atoms with E-state index in [1.54, 1.807) is 19.6 Å². The number of anilines is 1. The van der Waals surface area contributed by atoms with Gasteiger partial charge in [0.2, 0.25) is 0 Å². The van der Waals surface area contributed by atoms with Crippen molar-refractivity contribution in [2.24, 2.45) is 5.73 Å². The van der Waals surface area contributed by atoms with Crippen molar-refractivity contribution in [3.63, 3.8) is 0 Å². The van der Waals surface area contributed by atoms with Crippen LogP contribution in [0.4, 0.5) is 5.69 Å². The standard InChI is InChI=1S/C23H23N3O2/c1-27-22-6-2-16(3-7-22)10-20(24)14-26-21-12-23(28-15-21)18-4-5-19-13-25-9-8-17(19)11-18/h2-9,11-13,15,20,26H,10,14,24H2,1H3/t20-/m0/s1. The lowest BCUT2D eigenvalue weighted by atomic mass is 10.1. The summed E-state index contributed by atoms with van der Waals surface area (Å²) in [5.74, 6) is 1.68. The normalized spacial score (nSPS) is 12.1. The Hall–Kier alpha value is -3.31. The van der Waals surface area contributed by atoms with Gasteiger partial charge in [-0.15, -0.1) is 0 Å². The van der Waals surface area contributed by atoms with Gasteiger partial charge >= 0.3 is 0 Å². The topological polar surface area (TPSA) is 73.3 Å². The first kappa shape index (κ1) is 18.1. The third kappa shape index (κ3) is 4.15. The summed E-state index contributed by atoms with van der Waals surface area (Å²) in [6.45, 7) is 0.661. The summed E-state index contributed by atoms with van der Waals surface area (Å²) in [6.07, 6.45) is 6.18. The highest BCUT2D eigenvalue weighted by molar-refractivity contribution is 5.86. The number of furan rings is 1. The summed E-state index contributed by atoms with van der Waals surface area (Å²) in [5.41, 5.74) is 9.42. The molecule has 0 aliphatic carbocycles. The molecule has 4 aromatic rings. The smallest absolute Gasteiger partial charge is 0.136 e. The largest absolute Gasteiger partial charge is 0.497 e. The number of methoxy groups -OCH3 is 1. The summed E-state index contributed by atoms with van der Waals surface area (Å²) < 4.78 is 10.9. The Balaban J connectivity index is 1.37. The van der Waals surface area contributed by atoms with Gasteiger partial charge in [-0.3, -0.25) is 4.98 Å². The molecule has 0 fully saturated rings. The lowest BCUT2D eigenvalue weighted by Gasteiger charge is -2.13. The molecule has 28 heavy (non-hydrogen) atoms. The highest BCUT2D eigenvalue weighted by Gasteiger charge is 2.08. The average molecular weight is 373 g/mol. The second kappa shape index (κ2) is 8.15. The minimum absolute atomic E-state index is 0.0000798. The van der Waals surface area contributed by atoms with E-state index in [9.17, 15) is 0 Å². The molecule has 0 unspecified atom stereocenters. The molecule has 0 spiro atoms. The molecule has 2 heterocycles. The van der Waals surface area contributed by atoms with E-state index in [0.29, 0.717) is 6.54 Å². The zero-order valence-corrected chi connectivity index (χ0v) is 15.8. The molecule has 2 aromatic heterocycles. The quantitative estimate of drug-likeness (QED) is 0.499. The van der Waals surface area contributed by atoms with Crippen molar-refractivity contribution in [2.45, 2.75) is 12.5 Å². The monoisotopic (exact) mass is 373 g/mol. The number of nitrogens with two attached hydrogens (primary N) is 1. The molecule has 1 atom stereocenters. The number of pyridine rings is 1. The van der Waals surface area contributed by atoms with Crippen molar-refractivity contribution in [1.29, 1.82) is 0 Å². The third-order valence-corrected chi connectivity index (χ3v) is 4.75. The number of benzene rings is 2. The molecule has 0 aliphatic rings. The zero-order valence-electron chi connectivity index (χ0n) is 15.8. The van der Waals surface area contributed by atoms with Crippen molar-refractivity contribution >= 4 is 16.5 Å². The minimum Gasteiger partial charge on any atom is -0.497 e. The first-order valence-electron chi connectivity index (χ1n) is 9.26. The fraction of sp³-hybridized carbons (Fsp3) is 0.174. The van der Waals surface area contributed by atoms with E-state index < -0.39 is 0 Å². The fourth-order valence-corrected chi connectivity index (χ4v) is 3.20. The van der Waals surface area contributed by atoms with Gasteiger partial charge in [0.15, 0.2) is 0 Å². The highest BCUT2D eigenvalue weighted by atomic mass is 16.5. The Kier molecular flexibility index (Phi) is 5.26. The van der Waals surface area contributed by atoms with E-state index in [0.717, 1.165) is 40.0 Å². The molecule has 0 radical (unpaired) electrons. The van der Waals surface area contributed by atoms with Crippen LogP contribution in [0, 0.1) is 0 Å². The van der Waals surface area contributed by atoms with E-state index in [4.69, 9.17) is 14.9 Å². The maximum absolute atomic E-state index is 6.27. The van der Waals surface area contributed by atoms with Crippen LogP contribution in [0.5, 0.6) is 5.75 Å². The first-order chi connectivity index (χ1) is 13.7. The molecule has 5 heteroatoms. The van der Waals surface area contributed by atoms with Crippen LogP contribution in [-0.2, 0) is 6.42 Å². The van der Waals surface area contributed by atoms with Crippen LogP contribution in [0.25, 0.3) is 22.1 Å². The fourth-order valence-electron chi connectivity index (χ4n) is 3.20. The third-order valence-electron chi connectivity index (χ3n) is 4.75. The first-order valence-corrected chi connectivity index (χ1v) is 9.26. The second-order valence-corrected chi connectivity index (χ2v) is 6.83. The van der Waals surface area contributed by atoms with E-state index in [1.807, 2.05) is 48.7 Å². The van der Waals surface area contributed by atoms with Crippen LogP contribution >= 0.6 is 0 Å². The van der Waals surface area contributed by atoms with Crippen LogP contribution < -0.4 is 15.8 Å². The van der Waals surface area contributed by atoms with Crippen LogP contribution in [0.3, 0.4) is 0 Å². The molecule has 3 N–H and O–H groups in total. The van der Waals surface area contributed by atoms with Crippen molar-refractivity contribution in [1.82, 2.24) is 4.98 Å². The van der Waals surface area contributed by atoms with Gasteiger partial charge in [0.05, 0.1) is 12.8 Å². The maximum Gasteiger partial charge on any atom is 0.136 e. The van der Waals surface area contributed by atoms with Crippen LogP contribution in [-0.4, -0.2) is 24.7 Å². The molecule has 142 valence electrons. The van der Waals surface area contributed by atoms with E-state index >= 15 is 0 Å². The number of nitrogens with one attached hydrogen (secondary N) is 1. The number of rotatable bonds is 7. The molecule has 0 aliphatic heterocycles. The summed E-state index contributed by atoms with van der Waals surface area (Å²) in [7, 11) is 1.67. The number of fused-ring (bicyclic) bond motifs is 1. The van der Waals surface area contributed by atoms with Crippen LogP contribution in [0.2, 0.25) is 0 Å². The Morgan fingerprint density at radius 2 is 1.93 bits per heavy atom. The molecular formula is C23H23N3O2. The van der Waals surface area contributed by atoms with Crippen molar-refractivity contribution in [2.75, 3.05) is 19.0 Å². The van der Waals surface area contributed by atoms with Crippen molar-refractivity contribution in [3.05, 3.63) is 78.8 Å². The molecule has 0 saturated carbocycles. The minimum atomic E-state index is -0.0000798. The van der Waals surface area contributed by atoms with Gasteiger partial charge in [-0.05, 0) is 41.6 Å². The molecule has 4 rings (SSSR count). The van der Waals surface area contributed by atoms with Gasteiger partial charge in [0.1, 0.15) is 17.8 Å². The summed E-state index contributed by atoms with van der Waals surface area (Å²) in [6, 6.07) is 18.2. The van der Waals surface area contributed by atoms with Crippen molar-refractivity contribution in [3.8, 4) is 17.1 Å². The average Bonchev–Trinajstić information content (AvgIpc) is 3.21. The van der Waals surface area contributed by atoms with Gasteiger partial charge in [0.25, 0.3) is 0 Å². The molecule has 0 bridgehead atoms. The Bertz CT molecular complexity index is 1060. The molecular weight excluding hydrogens is 350 g/mol. The molecule has 0 saturated heterocycles. The molecule has 5 nitrogen and oxygen atoms in total. The Morgan fingerprint density at radius 3 is 2.75 bits per heavy atom. The number of hydrogen-bond donors (Lipinski definition) is 2. The highest BCUT2D eigenvalue weighted by Crippen LogP contribution is 2.27. The molecule has 2 aromatic carbocycles. The summed E-state index contributed by atoms with van der Waals surface area (Å²) in [4.78, 5) is 4.15. The number of nitrogens with zero attached hydrogens (tertiary/aromatic N) is 1. The van der Waals surface area contributed by atoms with Gasteiger partial charge < -0.3 is 20.2 Å². The van der Waals surface area contributed by atoms with Gasteiger partial charge in [-0.25, -0.2) is 0 Å². The SMILES string of the molecule is COc1ccc(C[C@H](N)CNc2coc(-c3ccc4cnccc4c3)c2)cc1. The summed E-state index contributed by atoms with van der Waals surface area (Å²) in [5, 5.41) is 5.61. The number of ether oxygens (including phenoxy) is 1. The lowest BCUT2D eigenvalue weighted by Crippen LogP contribution is -2.31. The summed E-state index contributed by atoms with van der Waals surface area (Å²) >= 11 is 0. The lowest BCUT2D eigenvalue weighted by molar-refractivity contribution is 0.414. The predicted molar refractivity (Wildman–Crippen MR) is 113 cm³/mol. The van der Waals surface area contributed by atoms with Gasteiger partial charge in [0, 0.05) is 42.0 Å². The van der Waals surface area contributed by atoms with Gasteiger partial charge in [-0.2, -0.15) is 0 Å². The maximum atomic E-state index is 6.27. The second-order valence-electron chi connectivity index (χ2n) is 6.83. The van der Waals surface area contributed by atoms with Crippen LogP contribution in [0.15, 0.2) is 77.7 Å². The number of hydrogen-bond acceptors (Lipinski definition) is 5. The Labute approximate surface area is 164 Å².